The van der Waals surface area contributed by atoms with Crippen LogP contribution in [0.5, 0.6) is 0 Å². The molecule has 0 aliphatic heterocycles. The number of nitrogens with zero attached hydrogens (tertiary/aromatic N) is 4. The Morgan fingerprint density at radius 3 is 2.73 bits per heavy atom. The van der Waals surface area contributed by atoms with Gasteiger partial charge in [-0.1, -0.05) is 0 Å². The minimum atomic E-state index is -0.582. The summed E-state index contributed by atoms with van der Waals surface area (Å²) in [5, 5.41) is 16.1. The standard InChI is InChI=1S/C18H16BrN5O2/c1-18(2,3)26-17(25)23-15-5-4-11(8-21-15)14-6-13(19)10-24-16(14)12(7-20)9-22-24/h4-6,8-10H,1-3H3,(H,21,23,25). The first-order valence-electron chi connectivity index (χ1n) is 7.80. The highest BCUT2D eigenvalue weighted by Gasteiger charge is 2.17. The summed E-state index contributed by atoms with van der Waals surface area (Å²) in [6.45, 7) is 5.37. The Labute approximate surface area is 158 Å². The van der Waals surface area contributed by atoms with Crippen LogP contribution in [-0.2, 0) is 4.74 Å². The molecule has 0 spiro atoms. The number of nitrogens with one attached hydrogen (secondary N) is 1. The van der Waals surface area contributed by atoms with Crippen molar-refractivity contribution in [1.82, 2.24) is 14.6 Å². The second-order valence-electron chi connectivity index (χ2n) is 6.59. The van der Waals surface area contributed by atoms with Gasteiger partial charge in [-0.3, -0.25) is 5.32 Å². The lowest BCUT2D eigenvalue weighted by molar-refractivity contribution is 0.0635. The van der Waals surface area contributed by atoms with Gasteiger partial charge in [0.1, 0.15) is 17.5 Å². The molecular weight excluding hydrogens is 398 g/mol. The maximum Gasteiger partial charge on any atom is 0.413 e. The molecular formula is C18H16BrN5O2. The predicted octanol–water partition coefficient (Wildman–Crippen LogP) is 4.38. The molecule has 0 saturated carbocycles. The van der Waals surface area contributed by atoms with Gasteiger partial charge in [0, 0.05) is 28.0 Å². The van der Waals surface area contributed by atoms with E-state index in [4.69, 9.17) is 4.74 Å². The molecule has 0 atom stereocenters. The number of anilines is 1. The van der Waals surface area contributed by atoms with Gasteiger partial charge in [0.05, 0.1) is 17.3 Å². The summed E-state index contributed by atoms with van der Waals surface area (Å²) >= 11 is 3.45. The number of hydrogen-bond donors (Lipinski definition) is 1. The number of nitriles is 1. The first-order chi connectivity index (χ1) is 12.3. The molecule has 3 aromatic heterocycles. The SMILES string of the molecule is CC(C)(C)OC(=O)Nc1ccc(-c2cc(Br)cn3ncc(C#N)c23)cn1. The summed E-state index contributed by atoms with van der Waals surface area (Å²) in [6.07, 6.45) is 4.37. The monoisotopic (exact) mass is 413 g/mol. The first-order valence-corrected chi connectivity index (χ1v) is 8.59. The smallest absolute Gasteiger partial charge is 0.413 e. The van der Waals surface area contributed by atoms with E-state index in [1.54, 1.807) is 43.7 Å². The van der Waals surface area contributed by atoms with Gasteiger partial charge < -0.3 is 4.74 Å². The fourth-order valence-electron chi connectivity index (χ4n) is 2.43. The van der Waals surface area contributed by atoms with Gasteiger partial charge in [0.15, 0.2) is 0 Å². The molecule has 7 nitrogen and oxygen atoms in total. The summed E-state index contributed by atoms with van der Waals surface area (Å²) in [5.74, 6) is 0.378. The fourth-order valence-corrected chi connectivity index (χ4v) is 2.85. The highest BCUT2D eigenvalue weighted by molar-refractivity contribution is 9.10. The molecule has 3 rings (SSSR count). The number of ether oxygens (including phenoxy) is 1. The van der Waals surface area contributed by atoms with E-state index in [2.05, 4.69) is 37.4 Å². The molecule has 8 heteroatoms. The van der Waals surface area contributed by atoms with Gasteiger partial charge in [0.25, 0.3) is 0 Å². The van der Waals surface area contributed by atoms with Gasteiger partial charge in [-0.25, -0.2) is 14.3 Å². The van der Waals surface area contributed by atoms with Crippen molar-refractivity contribution in [3.8, 4) is 17.2 Å². The number of rotatable bonds is 2. The van der Waals surface area contributed by atoms with Gasteiger partial charge in [-0.2, -0.15) is 10.4 Å². The zero-order valence-corrected chi connectivity index (χ0v) is 16.0. The number of hydrogen-bond acceptors (Lipinski definition) is 5. The number of amides is 1. The molecule has 0 aliphatic carbocycles. The highest BCUT2D eigenvalue weighted by Crippen LogP contribution is 2.30. The molecule has 0 saturated heterocycles. The Balaban J connectivity index is 1.92. The zero-order chi connectivity index (χ0) is 18.9. The van der Waals surface area contributed by atoms with E-state index >= 15 is 0 Å². The van der Waals surface area contributed by atoms with Gasteiger partial charge >= 0.3 is 6.09 Å². The molecule has 3 aromatic rings. The van der Waals surface area contributed by atoms with E-state index in [1.807, 2.05) is 12.1 Å². The van der Waals surface area contributed by atoms with Gasteiger partial charge in [-0.05, 0) is 54.9 Å². The number of halogens is 1. The normalized spacial score (nSPS) is 11.2. The molecule has 0 radical (unpaired) electrons. The first kappa shape index (κ1) is 17.9. The van der Waals surface area contributed by atoms with Crippen LogP contribution in [-0.4, -0.2) is 26.3 Å². The number of pyridine rings is 2. The highest BCUT2D eigenvalue weighted by atomic mass is 79.9. The van der Waals surface area contributed by atoms with Crippen molar-refractivity contribution in [2.45, 2.75) is 26.4 Å². The van der Waals surface area contributed by atoms with Crippen molar-refractivity contribution in [3.63, 3.8) is 0 Å². The summed E-state index contributed by atoms with van der Waals surface area (Å²) in [5.41, 5.74) is 2.20. The molecule has 1 amide bonds. The molecule has 0 fully saturated rings. The van der Waals surface area contributed by atoms with Crippen LogP contribution in [0.2, 0.25) is 0 Å². The number of aromatic nitrogens is 3. The second-order valence-corrected chi connectivity index (χ2v) is 7.51. The number of fused-ring (bicyclic) bond motifs is 1. The zero-order valence-electron chi connectivity index (χ0n) is 14.4. The van der Waals surface area contributed by atoms with E-state index in [0.29, 0.717) is 16.9 Å². The van der Waals surface area contributed by atoms with Crippen molar-refractivity contribution in [3.05, 3.63) is 46.8 Å². The quantitative estimate of drug-likeness (QED) is 0.672. The number of carbonyl (C=O) groups excluding carboxylic acids is 1. The van der Waals surface area contributed by atoms with Crippen molar-refractivity contribution >= 4 is 33.4 Å². The van der Waals surface area contributed by atoms with Crippen molar-refractivity contribution in [1.29, 1.82) is 5.26 Å². The molecule has 26 heavy (non-hydrogen) atoms. The lowest BCUT2D eigenvalue weighted by Gasteiger charge is -2.19. The summed E-state index contributed by atoms with van der Waals surface area (Å²) in [7, 11) is 0. The fraction of sp³-hybridized carbons (Fsp3) is 0.222. The second kappa shape index (κ2) is 6.77. The van der Waals surface area contributed by atoms with Crippen LogP contribution in [0.3, 0.4) is 0 Å². The van der Waals surface area contributed by atoms with Gasteiger partial charge in [0.2, 0.25) is 0 Å². The maximum absolute atomic E-state index is 11.8. The minimum absolute atomic E-state index is 0.378. The third-order valence-corrected chi connectivity index (χ3v) is 3.84. The van der Waals surface area contributed by atoms with Crippen molar-refractivity contribution < 1.29 is 9.53 Å². The average Bonchev–Trinajstić information content (AvgIpc) is 2.95. The van der Waals surface area contributed by atoms with Crippen LogP contribution >= 0.6 is 15.9 Å². The molecule has 132 valence electrons. The summed E-state index contributed by atoms with van der Waals surface area (Å²) in [4.78, 5) is 16.1. The van der Waals surface area contributed by atoms with Crippen LogP contribution < -0.4 is 5.32 Å². The predicted molar refractivity (Wildman–Crippen MR) is 101 cm³/mol. The Hall–Kier alpha value is -2.92. The Bertz CT molecular complexity index is 1010. The van der Waals surface area contributed by atoms with Crippen molar-refractivity contribution in [2.24, 2.45) is 0 Å². The molecule has 0 aromatic carbocycles. The Kier molecular flexibility index (Phi) is 4.66. The summed E-state index contributed by atoms with van der Waals surface area (Å²) in [6, 6.07) is 7.54. The lowest BCUT2D eigenvalue weighted by atomic mass is 10.1. The van der Waals surface area contributed by atoms with Gasteiger partial charge in [-0.15, -0.1) is 0 Å². The van der Waals surface area contributed by atoms with Crippen LogP contribution in [0.1, 0.15) is 26.3 Å². The molecule has 0 bridgehead atoms. The molecule has 3 heterocycles. The Morgan fingerprint density at radius 2 is 2.12 bits per heavy atom. The third-order valence-electron chi connectivity index (χ3n) is 3.40. The van der Waals surface area contributed by atoms with E-state index < -0.39 is 11.7 Å². The van der Waals surface area contributed by atoms with Crippen LogP contribution in [0.15, 0.2) is 41.3 Å². The maximum atomic E-state index is 11.8. The van der Waals surface area contributed by atoms with Crippen LogP contribution in [0.4, 0.5) is 10.6 Å². The Morgan fingerprint density at radius 1 is 1.35 bits per heavy atom. The lowest BCUT2D eigenvalue weighted by Crippen LogP contribution is -2.27. The minimum Gasteiger partial charge on any atom is -0.444 e. The van der Waals surface area contributed by atoms with Crippen LogP contribution in [0.25, 0.3) is 16.6 Å². The average molecular weight is 414 g/mol. The van der Waals surface area contributed by atoms with E-state index in [1.165, 1.54) is 6.20 Å². The third kappa shape index (κ3) is 3.83. The molecule has 0 unspecified atom stereocenters. The van der Waals surface area contributed by atoms with E-state index in [-0.39, 0.29) is 0 Å². The summed E-state index contributed by atoms with van der Waals surface area (Å²) < 4.78 is 7.67. The van der Waals surface area contributed by atoms with E-state index in [9.17, 15) is 10.1 Å². The van der Waals surface area contributed by atoms with Crippen LogP contribution in [0, 0.1) is 11.3 Å². The number of carbonyl (C=O) groups is 1. The van der Waals surface area contributed by atoms with Crippen molar-refractivity contribution in [2.75, 3.05) is 5.32 Å². The molecule has 1 N–H and O–H groups in total. The largest absolute Gasteiger partial charge is 0.444 e. The molecule has 0 aliphatic rings. The van der Waals surface area contributed by atoms with E-state index in [0.717, 1.165) is 15.6 Å². The topological polar surface area (TPSA) is 92.3 Å².